The molecule has 1 rings (SSSR count). The molecule has 66 valence electrons. The average molecular weight is 187 g/mol. The summed E-state index contributed by atoms with van der Waals surface area (Å²) in [6, 6.07) is 3.32. The molecule has 1 aromatic heterocycles. The van der Waals surface area contributed by atoms with Gasteiger partial charge in [-0.3, -0.25) is 4.98 Å². The van der Waals surface area contributed by atoms with Gasteiger partial charge in [0.2, 0.25) is 0 Å². The number of aliphatic hydroxyl groups excluding tert-OH is 1. The quantitative estimate of drug-likeness (QED) is 0.722. The smallest absolute Gasteiger partial charge is 0.0789 e. The molecule has 1 aromatic rings. The van der Waals surface area contributed by atoms with Crippen LogP contribution in [0.1, 0.15) is 12.6 Å². The second-order valence-electron chi connectivity index (χ2n) is 2.93. The van der Waals surface area contributed by atoms with E-state index in [2.05, 4.69) is 4.98 Å². The minimum atomic E-state index is -0.815. The number of nitrogens with two attached hydrogens (primary N) is 1. The summed E-state index contributed by atoms with van der Waals surface area (Å²) in [4.78, 5) is 4.01. The Morgan fingerprint density at radius 1 is 1.75 bits per heavy atom. The van der Waals surface area contributed by atoms with Gasteiger partial charge in [-0.25, -0.2) is 0 Å². The molecule has 0 saturated heterocycles. The van der Waals surface area contributed by atoms with Crippen molar-refractivity contribution < 1.29 is 5.11 Å². The van der Waals surface area contributed by atoms with E-state index in [0.717, 1.165) is 0 Å². The van der Waals surface area contributed by atoms with Crippen molar-refractivity contribution >= 4 is 11.6 Å². The van der Waals surface area contributed by atoms with Gasteiger partial charge in [-0.2, -0.15) is 0 Å². The highest BCUT2D eigenvalue weighted by atomic mass is 35.5. The zero-order valence-electron chi connectivity index (χ0n) is 6.79. The van der Waals surface area contributed by atoms with E-state index in [1.165, 1.54) is 0 Å². The van der Waals surface area contributed by atoms with Crippen molar-refractivity contribution in [3.05, 3.63) is 29.0 Å². The first-order valence-electron chi connectivity index (χ1n) is 3.58. The van der Waals surface area contributed by atoms with Crippen LogP contribution in [0.25, 0.3) is 0 Å². The summed E-state index contributed by atoms with van der Waals surface area (Å²) < 4.78 is 0. The number of aliphatic hydroxyl groups is 1. The lowest BCUT2D eigenvalue weighted by atomic mass is 10.0. The molecule has 0 aromatic carbocycles. The molecule has 0 aliphatic carbocycles. The van der Waals surface area contributed by atoms with Crippen LogP contribution in [0.2, 0.25) is 5.02 Å². The average Bonchev–Trinajstić information content (AvgIpc) is 2.05. The molecule has 3 N–H and O–H groups in total. The number of halogens is 1. The summed E-state index contributed by atoms with van der Waals surface area (Å²) in [6.07, 6.45) is 1.57. The van der Waals surface area contributed by atoms with Crippen molar-refractivity contribution in [3.63, 3.8) is 0 Å². The van der Waals surface area contributed by atoms with Crippen LogP contribution in [0.3, 0.4) is 0 Å². The minimum absolute atomic E-state index is 0.152. The Morgan fingerprint density at radius 2 is 2.42 bits per heavy atom. The Balaban J connectivity index is 3.03. The summed E-state index contributed by atoms with van der Waals surface area (Å²) in [6.45, 7) is 1.55. The van der Waals surface area contributed by atoms with E-state index < -0.39 is 5.54 Å². The third kappa shape index (κ3) is 1.94. The number of aromatic nitrogens is 1. The van der Waals surface area contributed by atoms with Gasteiger partial charge in [-0.1, -0.05) is 11.6 Å². The van der Waals surface area contributed by atoms with Crippen molar-refractivity contribution in [2.24, 2.45) is 5.73 Å². The lowest BCUT2D eigenvalue weighted by Gasteiger charge is -2.20. The fraction of sp³-hybridized carbons (Fsp3) is 0.375. The Kier molecular flexibility index (Phi) is 2.67. The highest BCUT2D eigenvalue weighted by molar-refractivity contribution is 6.30. The van der Waals surface area contributed by atoms with E-state index in [-0.39, 0.29) is 6.61 Å². The summed E-state index contributed by atoms with van der Waals surface area (Å²) >= 11 is 5.73. The van der Waals surface area contributed by atoms with E-state index >= 15 is 0 Å². The van der Waals surface area contributed by atoms with E-state index in [1.54, 1.807) is 25.3 Å². The van der Waals surface area contributed by atoms with Gasteiger partial charge in [-0.15, -0.1) is 0 Å². The SMILES string of the molecule is CC(N)(CO)c1cc(Cl)ccn1. The monoisotopic (exact) mass is 186 g/mol. The predicted molar refractivity (Wildman–Crippen MR) is 47.9 cm³/mol. The Bertz CT molecular complexity index is 276. The first-order valence-corrected chi connectivity index (χ1v) is 3.96. The third-order valence-corrected chi connectivity index (χ3v) is 1.87. The standard InChI is InChI=1S/C8H11ClN2O/c1-8(10,5-12)7-4-6(9)2-3-11-7/h2-4,12H,5,10H2,1H3. The lowest BCUT2D eigenvalue weighted by molar-refractivity contribution is 0.207. The maximum atomic E-state index is 8.93. The molecule has 0 amide bonds. The van der Waals surface area contributed by atoms with Crippen LogP contribution in [0, 0.1) is 0 Å². The molecule has 4 heteroatoms. The first kappa shape index (κ1) is 9.45. The molecule has 12 heavy (non-hydrogen) atoms. The maximum absolute atomic E-state index is 8.93. The van der Waals surface area contributed by atoms with Gasteiger partial charge in [0.05, 0.1) is 17.8 Å². The number of rotatable bonds is 2. The number of nitrogens with zero attached hydrogens (tertiary/aromatic N) is 1. The number of hydrogen-bond donors (Lipinski definition) is 2. The van der Waals surface area contributed by atoms with Crippen molar-refractivity contribution in [1.29, 1.82) is 0 Å². The molecule has 0 bridgehead atoms. The minimum Gasteiger partial charge on any atom is -0.394 e. The van der Waals surface area contributed by atoms with Crippen LogP contribution < -0.4 is 5.73 Å². The van der Waals surface area contributed by atoms with Crippen LogP contribution in [-0.2, 0) is 5.54 Å². The lowest BCUT2D eigenvalue weighted by Crippen LogP contribution is -2.37. The van der Waals surface area contributed by atoms with E-state index in [1.807, 2.05) is 0 Å². The van der Waals surface area contributed by atoms with Crippen LogP contribution in [0.4, 0.5) is 0 Å². The van der Waals surface area contributed by atoms with Crippen LogP contribution in [0.5, 0.6) is 0 Å². The van der Waals surface area contributed by atoms with Crippen LogP contribution >= 0.6 is 11.6 Å². The molecule has 1 heterocycles. The van der Waals surface area contributed by atoms with Crippen LogP contribution in [0.15, 0.2) is 18.3 Å². The van der Waals surface area contributed by atoms with Gasteiger partial charge in [0.1, 0.15) is 0 Å². The Hall–Kier alpha value is -0.640. The summed E-state index contributed by atoms with van der Waals surface area (Å²) in [5.74, 6) is 0. The van der Waals surface area contributed by atoms with E-state index in [0.29, 0.717) is 10.7 Å². The van der Waals surface area contributed by atoms with Crippen molar-refractivity contribution in [2.75, 3.05) is 6.61 Å². The largest absolute Gasteiger partial charge is 0.394 e. The molecule has 1 atom stereocenters. The van der Waals surface area contributed by atoms with Crippen LogP contribution in [-0.4, -0.2) is 16.7 Å². The van der Waals surface area contributed by atoms with Crippen molar-refractivity contribution in [3.8, 4) is 0 Å². The Labute approximate surface area is 76.2 Å². The van der Waals surface area contributed by atoms with Gasteiger partial charge in [0.15, 0.2) is 0 Å². The molecule has 0 radical (unpaired) electrons. The van der Waals surface area contributed by atoms with Crippen molar-refractivity contribution in [1.82, 2.24) is 4.98 Å². The molecule has 0 aliphatic heterocycles. The highest BCUT2D eigenvalue weighted by Gasteiger charge is 2.21. The van der Waals surface area contributed by atoms with Gasteiger partial charge >= 0.3 is 0 Å². The third-order valence-electron chi connectivity index (χ3n) is 1.64. The van der Waals surface area contributed by atoms with Gasteiger partial charge < -0.3 is 10.8 Å². The van der Waals surface area contributed by atoms with Gasteiger partial charge in [-0.05, 0) is 19.1 Å². The molecular weight excluding hydrogens is 176 g/mol. The maximum Gasteiger partial charge on any atom is 0.0789 e. The molecular formula is C8H11ClN2O. The molecule has 0 aliphatic rings. The highest BCUT2D eigenvalue weighted by Crippen LogP contribution is 2.17. The molecule has 0 spiro atoms. The Morgan fingerprint density at radius 3 is 2.92 bits per heavy atom. The van der Waals surface area contributed by atoms with Gasteiger partial charge in [0, 0.05) is 11.2 Å². The molecule has 3 nitrogen and oxygen atoms in total. The zero-order valence-corrected chi connectivity index (χ0v) is 7.54. The van der Waals surface area contributed by atoms with Gasteiger partial charge in [0.25, 0.3) is 0 Å². The summed E-state index contributed by atoms with van der Waals surface area (Å²) in [7, 11) is 0. The number of hydrogen-bond acceptors (Lipinski definition) is 3. The molecule has 1 unspecified atom stereocenters. The normalized spacial score (nSPS) is 15.7. The summed E-state index contributed by atoms with van der Waals surface area (Å²) in [5, 5.41) is 9.50. The molecule has 0 saturated carbocycles. The fourth-order valence-electron chi connectivity index (χ4n) is 0.798. The fourth-order valence-corrected chi connectivity index (χ4v) is 0.958. The first-order chi connectivity index (χ1) is 5.56. The van der Waals surface area contributed by atoms with Crippen molar-refractivity contribution in [2.45, 2.75) is 12.5 Å². The second-order valence-corrected chi connectivity index (χ2v) is 3.37. The zero-order chi connectivity index (χ0) is 9.19. The topological polar surface area (TPSA) is 59.1 Å². The summed E-state index contributed by atoms with van der Waals surface area (Å²) in [5.41, 5.74) is 5.52. The van der Waals surface area contributed by atoms with E-state index in [9.17, 15) is 0 Å². The van der Waals surface area contributed by atoms with E-state index in [4.69, 9.17) is 22.4 Å². The number of pyridine rings is 1. The molecule has 0 fully saturated rings. The predicted octanol–water partition coefficient (Wildman–Crippen LogP) is 0.901. The second kappa shape index (κ2) is 3.39.